The molecule has 0 aliphatic carbocycles. The number of nitrogens with zero attached hydrogens (tertiary/aromatic N) is 3. The monoisotopic (exact) mass is 439 g/mol. The van der Waals surface area contributed by atoms with E-state index in [1.165, 1.54) is 15.6 Å². The maximum atomic E-state index is 13.7. The Morgan fingerprint density at radius 1 is 0.967 bits per heavy atom. The molecule has 2 aromatic carbocycles. The van der Waals surface area contributed by atoms with Gasteiger partial charge in [0.05, 0.1) is 23.4 Å². The highest BCUT2D eigenvalue weighted by molar-refractivity contribution is 7.89. The molecular formula is C22H21N3O3S2. The van der Waals surface area contributed by atoms with Crippen molar-refractivity contribution < 1.29 is 13.5 Å². The van der Waals surface area contributed by atoms with Gasteiger partial charge < -0.3 is 5.11 Å². The van der Waals surface area contributed by atoms with Crippen molar-refractivity contribution >= 4 is 21.4 Å². The first-order valence-electron chi connectivity index (χ1n) is 9.43. The molecule has 6 nitrogen and oxygen atoms in total. The van der Waals surface area contributed by atoms with Crippen molar-refractivity contribution in [3.63, 3.8) is 0 Å². The number of rotatable bonds is 8. The molecule has 0 saturated carbocycles. The summed E-state index contributed by atoms with van der Waals surface area (Å²) in [4.78, 5) is 0.894. The maximum Gasteiger partial charge on any atom is 0.247 e. The summed E-state index contributed by atoms with van der Waals surface area (Å²) in [6, 6.07) is 22.5. The third-order valence-electron chi connectivity index (χ3n) is 4.62. The molecule has 0 saturated heterocycles. The Bertz CT molecular complexity index is 1190. The van der Waals surface area contributed by atoms with Crippen LogP contribution in [0.2, 0.25) is 0 Å². The number of aliphatic hydroxyl groups excluding tert-OH is 1. The molecule has 1 N–H and O–H groups in total. The van der Waals surface area contributed by atoms with Crippen LogP contribution in [0.1, 0.15) is 5.56 Å². The topological polar surface area (TPSA) is 75.4 Å². The first-order chi connectivity index (χ1) is 14.6. The smallest absolute Gasteiger partial charge is 0.247 e. The van der Waals surface area contributed by atoms with E-state index in [2.05, 4.69) is 5.10 Å². The van der Waals surface area contributed by atoms with Crippen LogP contribution in [0, 0.1) is 0 Å². The summed E-state index contributed by atoms with van der Waals surface area (Å²) in [5, 5.41) is 16.0. The molecule has 0 bridgehead atoms. The third kappa shape index (κ3) is 4.22. The van der Waals surface area contributed by atoms with E-state index in [4.69, 9.17) is 0 Å². The average molecular weight is 440 g/mol. The summed E-state index contributed by atoms with van der Waals surface area (Å²) in [5.41, 5.74) is 2.03. The lowest BCUT2D eigenvalue weighted by Crippen LogP contribution is -2.33. The number of hydrogen-bond acceptors (Lipinski definition) is 5. The number of aromatic nitrogens is 2. The maximum absolute atomic E-state index is 13.7. The molecule has 0 amide bonds. The fourth-order valence-electron chi connectivity index (χ4n) is 3.17. The average Bonchev–Trinajstić information content (AvgIpc) is 3.45. The Morgan fingerprint density at radius 2 is 1.67 bits per heavy atom. The van der Waals surface area contributed by atoms with Crippen molar-refractivity contribution in [3.8, 4) is 16.3 Å². The predicted octanol–water partition coefficient (Wildman–Crippen LogP) is 3.78. The zero-order valence-electron chi connectivity index (χ0n) is 16.1. The van der Waals surface area contributed by atoms with Gasteiger partial charge in [0.25, 0.3) is 0 Å². The van der Waals surface area contributed by atoms with E-state index in [9.17, 15) is 13.5 Å². The van der Waals surface area contributed by atoms with E-state index in [1.807, 2.05) is 78.2 Å². The Kier molecular flexibility index (Phi) is 6.10. The molecule has 8 heteroatoms. The molecule has 154 valence electrons. The van der Waals surface area contributed by atoms with Crippen LogP contribution in [-0.4, -0.2) is 40.8 Å². The van der Waals surface area contributed by atoms with Crippen LogP contribution in [0.25, 0.3) is 16.3 Å². The van der Waals surface area contributed by atoms with Crippen LogP contribution in [0.3, 0.4) is 0 Å². The fraction of sp³-hybridized carbons (Fsp3) is 0.136. The minimum atomic E-state index is -3.91. The molecular weight excluding hydrogens is 418 g/mol. The second-order valence-corrected chi connectivity index (χ2v) is 9.50. The van der Waals surface area contributed by atoms with Gasteiger partial charge in [-0.1, -0.05) is 54.6 Å². The molecule has 0 fully saturated rings. The van der Waals surface area contributed by atoms with Crippen molar-refractivity contribution in [2.24, 2.45) is 0 Å². The van der Waals surface area contributed by atoms with E-state index in [0.29, 0.717) is 5.69 Å². The minimum absolute atomic E-state index is 0.00236. The Balaban J connectivity index is 1.81. The number of sulfonamides is 1. The highest BCUT2D eigenvalue weighted by Gasteiger charge is 2.30. The van der Waals surface area contributed by atoms with Gasteiger partial charge in [0.15, 0.2) is 0 Å². The Hall–Kier alpha value is -2.78. The molecule has 2 heterocycles. The van der Waals surface area contributed by atoms with E-state index < -0.39 is 10.0 Å². The van der Waals surface area contributed by atoms with Gasteiger partial charge in [-0.15, -0.1) is 11.3 Å². The van der Waals surface area contributed by atoms with Crippen LogP contribution in [-0.2, 0) is 16.6 Å². The number of benzene rings is 2. The van der Waals surface area contributed by atoms with Gasteiger partial charge in [0, 0.05) is 13.1 Å². The van der Waals surface area contributed by atoms with Crippen molar-refractivity contribution in [2.45, 2.75) is 11.4 Å². The second kappa shape index (κ2) is 8.93. The van der Waals surface area contributed by atoms with Gasteiger partial charge in [0.2, 0.25) is 10.0 Å². The predicted molar refractivity (Wildman–Crippen MR) is 118 cm³/mol. The highest BCUT2D eigenvalue weighted by Crippen LogP contribution is 2.32. The molecule has 0 aliphatic heterocycles. The molecule has 0 unspecified atom stereocenters. The number of thiophene rings is 1. The van der Waals surface area contributed by atoms with Gasteiger partial charge in [-0.25, -0.2) is 13.1 Å². The number of aliphatic hydroxyl groups is 1. The largest absolute Gasteiger partial charge is 0.395 e. The van der Waals surface area contributed by atoms with Gasteiger partial charge in [-0.2, -0.15) is 9.40 Å². The van der Waals surface area contributed by atoms with Crippen molar-refractivity contribution in [1.29, 1.82) is 0 Å². The minimum Gasteiger partial charge on any atom is -0.395 e. The first kappa shape index (κ1) is 20.5. The molecule has 0 radical (unpaired) electrons. The summed E-state index contributed by atoms with van der Waals surface area (Å²) < 4.78 is 30.2. The lowest BCUT2D eigenvalue weighted by Gasteiger charge is -2.21. The van der Waals surface area contributed by atoms with Crippen molar-refractivity contribution in [3.05, 3.63) is 89.9 Å². The van der Waals surface area contributed by atoms with E-state index in [1.54, 1.807) is 10.9 Å². The number of hydrogen-bond donors (Lipinski definition) is 1. The molecule has 2 aromatic heterocycles. The quantitative estimate of drug-likeness (QED) is 0.453. The lowest BCUT2D eigenvalue weighted by molar-refractivity contribution is 0.251. The van der Waals surface area contributed by atoms with Crippen LogP contribution in [0.15, 0.2) is 89.3 Å². The SMILES string of the molecule is O=S(=O)(c1cn(-c2ccccc2)nc1-c1cccs1)N(CCO)Cc1ccccc1. The number of para-hydroxylation sites is 1. The molecule has 4 aromatic rings. The molecule has 0 spiro atoms. The van der Waals surface area contributed by atoms with E-state index in [0.717, 1.165) is 16.1 Å². The third-order valence-corrected chi connectivity index (χ3v) is 7.35. The molecule has 0 atom stereocenters. The van der Waals surface area contributed by atoms with Crippen LogP contribution in [0.5, 0.6) is 0 Å². The summed E-state index contributed by atoms with van der Waals surface area (Å²) >= 11 is 1.44. The van der Waals surface area contributed by atoms with Crippen LogP contribution >= 0.6 is 11.3 Å². The normalized spacial score (nSPS) is 11.8. The van der Waals surface area contributed by atoms with Gasteiger partial charge in [0.1, 0.15) is 10.6 Å². The first-order valence-corrected chi connectivity index (χ1v) is 11.8. The van der Waals surface area contributed by atoms with Crippen LogP contribution < -0.4 is 0 Å². The Morgan fingerprint density at radius 3 is 2.30 bits per heavy atom. The summed E-state index contributed by atoms with van der Waals surface area (Å²) in [5.74, 6) is 0. The van der Waals surface area contributed by atoms with Gasteiger partial charge in [-0.05, 0) is 29.1 Å². The molecule has 0 aliphatic rings. The Labute approximate surface area is 179 Å². The zero-order chi connectivity index (χ0) is 21.0. The van der Waals surface area contributed by atoms with Gasteiger partial charge >= 0.3 is 0 Å². The molecule has 30 heavy (non-hydrogen) atoms. The van der Waals surface area contributed by atoms with E-state index in [-0.39, 0.29) is 24.6 Å². The zero-order valence-corrected chi connectivity index (χ0v) is 17.8. The summed E-state index contributed by atoms with van der Waals surface area (Å²) in [6.45, 7) is -0.102. The molecule has 4 rings (SSSR count). The fourth-order valence-corrected chi connectivity index (χ4v) is 5.50. The van der Waals surface area contributed by atoms with Gasteiger partial charge in [-0.3, -0.25) is 0 Å². The highest BCUT2D eigenvalue weighted by atomic mass is 32.2. The summed E-state index contributed by atoms with van der Waals surface area (Å²) in [7, 11) is -3.91. The van der Waals surface area contributed by atoms with Crippen LogP contribution in [0.4, 0.5) is 0 Å². The van der Waals surface area contributed by atoms with Crippen molar-refractivity contribution in [1.82, 2.24) is 14.1 Å². The van der Waals surface area contributed by atoms with Crippen molar-refractivity contribution in [2.75, 3.05) is 13.2 Å². The second-order valence-electron chi connectivity index (χ2n) is 6.65. The standard InChI is InChI=1S/C22H21N3O3S2/c26-14-13-24(16-18-8-3-1-4-9-18)30(27,28)21-17-25(19-10-5-2-6-11-19)23-22(21)20-12-7-15-29-20/h1-12,15,17,26H,13-14,16H2. The summed E-state index contributed by atoms with van der Waals surface area (Å²) in [6.07, 6.45) is 1.55. The lowest BCUT2D eigenvalue weighted by atomic mass is 10.2. The van der Waals surface area contributed by atoms with E-state index >= 15 is 0 Å².